The number of rotatable bonds is 1. The second kappa shape index (κ2) is 3.61. The lowest BCUT2D eigenvalue weighted by molar-refractivity contribution is -0.483. The molecule has 0 saturated carbocycles. The summed E-state index contributed by atoms with van der Waals surface area (Å²) in [6, 6.07) is 6.08. The van der Waals surface area contributed by atoms with Crippen molar-refractivity contribution in [2.24, 2.45) is 0 Å². The number of nitro groups is 1. The van der Waals surface area contributed by atoms with Crippen LogP contribution in [0.15, 0.2) is 24.3 Å². The van der Waals surface area contributed by atoms with E-state index in [-0.39, 0.29) is 11.4 Å². The number of para-hydroxylation sites is 2. The Bertz CT molecular complexity index is 485. The second-order valence-electron chi connectivity index (χ2n) is 3.19. The molecule has 0 bridgehead atoms. The van der Waals surface area contributed by atoms with Crippen LogP contribution in [0.4, 0.5) is 11.4 Å². The van der Waals surface area contributed by atoms with E-state index in [0.29, 0.717) is 5.01 Å². The van der Waals surface area contributed by atoms with Gasteiger partial charge in [0, 0.05) is 0 Å². The predicted molar refractivity (Wildman–Crippen MR) is 54.2 cm³/mol. The average Bonchev–Trinajstić information content (AvgIpc) is 2.31. The minimum Gasteiger partial charge on any atom is -0.324 e. The Morgan fingerprint density at radius 3 is 2.69 bits per heavy atom. The van der Waals surface area contributed by atoms with Crippen molar-refractivity contribution < 1.29 is 14.6 Å². The van der Waals surface area contributed by atoms with E-state index >= 15 is 0 Å². The van der Waals surface area contributed by atoms with Gasteiger partial charge in [0.05, 0.1) is 5.69 Å². The lowest BCUT2D eigenvalue weighted by Crippen LogP contribution is -2.36. The minimum atomic E-state index is -0.854. The summed E-state index contributed by atoms with van der Waals surface area (Å²) in [5.41, 5.74) is 0.332. The zero-order chi connectivity index (χ0) is 11.7. The van der Waals surface area contributed by atoms with E-state index in [9.17, 15) is 19.7 Å². The monoisotopic (exact) mass is 221 g/mol. The fourth-order valence-corrected chi connectivity index (χ4v) is 1.48. The van der Waals surface area contributed by atoms with Crippen molar-refractivity contribution >= 4 is 23.2 Å². The standard InChI is InChI=1S/C9H7N3O4/c13-8-5-9(14)11(12(15)16)7-4-2-1-3-6(7)10-8/h1-4H,5H2,(H,10,13). The van der Waals surface area contributed by atoms with Crippen molar-refractivity contribution in [3.63, 3.8) is 0 Å². The highest BCUT2D eigenvalue weighted by atomic mass is 16.7. The molecule has 0 aliphatic carbocycles. The van der Waals surface area contributed by atoms with E-state index in [1.165, 1.54) is 12.1 Å². The minimum absolute atomic E-state index is 0.0725. The first kappa shape index (κ1) is 10.1. The zero-order valence-corrected chi connectivity index (χ0v) is 8.04. The second-order valence-corrected chi connectivity index (χ2v) is 3.19. The van der Waals surface area contributed by atoms with E-state index in [2.05, 4.69) is 5.32 Å². The lowest BCUT2D eigenvalue weighted by Gasteiger charge is -2.10. The van der Waals surface area contributed by atoms with Gasteiger partial charge < -0.3 is 5.32 Å². The number of fused-ring (bicyclic) bond motifs is 1. The van der Waals surface area contributed by atoms with Crippen molar-refractivity contribution in [3.05, 3.63) is 34.4 Å². The van der Waals surface area contributed by atoms with Gasteiger partial charge in [-0.05, 0) is 17.1 Å². The van der Waals surface area contributed by atoms with Crippen LogP contribution in [0.5, 0.6) is 0 Å². The van der Waals surface area contributed by atoms with E-state index in [0.717, 1.165) is 0 Å². The number of carbonyl (C=O) groups is 2. The SMILES string of the molecule is O=C1CC(=O)N([N+](=O)[O-])c2ccccc2N1. The molecule has 1 aromatic carbocycles. The van der Waals surface area contributed by atoms with E-state index in [4.69, 9.17) is 0 Å². The van der Waals surface area contributed by atoms with Gasteiger partial charge in [0.1, 0.15) is 12.1 Å². The Morgan fingerprint density at radius 1 is 1.31 bits per heavy atom. The molecule has 0 unspecified atom stereocenters. The van der Waals surface area contributed by atoms with Gasteiger partial charge in [-0.25, -0.2) is 10.1 Å². The fraction of sp³-hybridized carbons (Fsp3) is 0.111. The summed E-state index contributed by atoms with van der Waals surface area (Å²) >= 11 is 0. The molecule has 1 aromatic rings. The third-order valence-electron chi connectivity index (χ3n) is 2.12. The molecule has 1 aliphatic rings. The molecule has 1 N–H and O–H groups in total. The van der Waals surface area contributed by atoms with Crippen LogP contribution in [0.2, 0.25) is 0 Å². The van der Waals surface area contributed by atoms with Crippen LogP contribution in [-0.4, -0.2) is 16.8 Å². The number of carbonyl (C=O) groups excluding carboxylic acids is 2. The molecule has 1 aliphatic heterocycles. The third-order valence-corrected chi connectivity index (χ3v) is 2.12. The van der Waals surface area contributed by atoms with Gasteiger partial charge in [0.2, 0.25) is 5.91 Å². The Balaban J connectivity index is 2.57. The molecule has 0 saturated heterocycles. The molecule has 1 heterocycles. The third kappa shape index (κ3) is 1.58. The number of amides is 2. The fourth-order valence-electron chi connectivity index (χ4n) is 1.48. The highest BCUT2D eigenvalue weighted by Gasteiger charge is 2.33. The van der Waals surface area contributed by atoms with Crippen molar-refractivity contribution in [1.29, 1.82) is 0 Å². The van der Waals surface area contributed by atoms with Crippen molar-refractivity contribution in [1.82, 2.24) is 0 Å². The van der Waals surface area contributed by atoms with Gasteiger partial charge >= 0.3 is 0 Å². The largest absolute Gasteiger partial charge is 0.324 e. The summed E-state index contributed by atoms with van der Waals surface area (Å²) < 4.78 is 0. The number of hydrogen-bond donors (Lipinski definition) is 1. The maximum absolute atomic E-state index is 11.5. The molecule has 0 aromatic heterocycles. The molecule has 0 spiro atoms. The molecule has 0 atom stereocenters. The maximum atomic E-state index is 11.5. The molecule has 7 nitrogen and oxygen atoms in total. The summed E-state index contributed by atoms with van der Waals surface area (Å²) in [6.07, 6.45) is -0.532. The molecular weight excluding hydrogens is 214 g/mol. The van der Waals surface area contributed by atoms with E-state index < -0.39 is 23.3 Å². The quantitative estimate of drug-likeness (QED) is 0.426. The molecule has 2 rings (SSSR count). The molecule has 82 valence electrons. The summed E-state index contributed by atoms with van der Waals surface area (Å²) in [7, 11) is 0. The number of hydrazine groups is 1. The van der Waals surface area contributed by atoms with Gasteiger partial charge in [-0.2, -0.15) is 0 Å². The van der Waals surface area contributed by atoms with Gasteiger partial charge in [0.15, 0.2) is 5.03 Å². The normalized spacial score (nSPS) is 15.1. The molecule has 0 fully saturated rings. The van der Waals surface area contributed by atoms with Crippen molar-refractivity contribution in [2.45, 2.75) is 6.42 Å². The topological polar surface area (TPSA) is 92.5 Å². The smallest absolute Gasteiger partial charge is 0.298 e. The Labute approximate surface area is 89.8 Å². The average molecular weight is 221 g/mol. The van der Waals surface area contributed by atoms with Crippen LogP contribution in [0, 0.1) is 10.1 Å². The van der Waals surface area contributed by atoms with Crippen LogP contribution in [0.25, 0.3) is 0 Å². The number of nitrogens with zero attached hydrogens (tertiary/aromatic N) is 2. The molecule has 16 heavy (non-hydrogen) atoms. The molecule has 7 heteroatoms. The van der Waals surface area contributed by atoms with Gasteiger partial charge in [-0.3, -0.25) is 9.59 Å². The van der Waals surface area contributed by atoms with Crippen LogP contribution >= 0.6 is 0 Å². The van der Waals surface area contributed by atoms with Crippen molar-refractivity contribution in [3.8, 4) is 0 Å². The molecular formula is C9H7N3O4. The first-order valence-electron chi connectivity index (χ1n) is 4.46. The van der Waals surface area contributed by atoms with Crippen LogP contribution in [0.1, 0.15) is 6.42 Å². The first-order chi connectivity index (χ1) is 7.59. The Morgan fingerprint density at radius 2 is 2.00 bits per heavy atom. The highest BCUT2D eigenvalue weighted by molar-refractivity contribution is 6.13. The summed E-state index contributed by atoms with van der Waals surface area (Å²) in [4.78, 5) is 33.5. The van der Waals surface area contributed by atoms with Crippen LogP contribution in [0.3, 0.4) is 0 Å². The first-order valence-corrected chi connectivity index (χ1v) is 4.46. The number of hydrogen-bond acceptors (Lipinski definition) is 4. The van der Waals surface area contributed by atoms with Gasteiger partial charge in [-0.15, -0.1) is 0 Å². The summed E-state index contributed by atoms with van der Waals surface area (Å²) in [5, 5.41) is 12.7. The number of benzene rings is 1. The number of nitrogens with one attached hydrogen (secondary N) is 1. The molecule has 2 amide bonds. The number of anilines is 2. The van der Waals surface area contributed by atoms with Gasteiger partial charge in [0.25, 0.3) is 5.91 Å². The van der Waals surface area contributed by atoms with Gasteiger partial charge in [-0.1, -0.05) is 12.1 Å². The lowest BCUT2D eigenvalue weighted by atomic mass is 10.2. The van der Waals surface area contributed by atoms with Crippen LogP contribution < -0.4 is 10.3 Å². The van der Waals surface area contributed by atoms with Crippen LogP contribution in [-0.2, 0) is 9.59 Å². The summed E-state index contributed by atoms with van der Waals surface area (Å²) in [5.74, 6) is -1.41. The molecule has 0 radical (unpaired) electrons. The maximum Gasteiger partial charge on any atom is 0.298 e. The highest BCUT2D eigenvalue weighted by Crippen LogP contribution is 2.28. The summed E-state index contributed by atoms with van der Waals surface area (Å²) in [6.45, 7) is 0. The van der Waals surface area contributed by atoms with E-state index in [1.807, 2.05) is 0 Å². The Kier molecular flexibility index (Phi) is 2.28. The Hall–Kier alpha value is -2.44. The zero-order valence-electron chi connectivity index (χ0n) is 8.04. The van der Waals surface area contributed by atoms with Crippen molar-refractivity contribution in [2.75, 3.05) is 10.3 Å². The predicted octanol–water partition coefficient (Wildman–Crippen LogP) is 0.554. The van der Waals surface area contributed by atoms with E-state index in [1.54, 1.807) is 12.1 Å².